The molecule has 104 valence electrons. The predicted octanol–water partition coefficient (Wildman–Crippen LogP) is 3.00. The quantitative estimate of drug-likeness (QED) is 0.833. The average molecular weight is 410 g/mol. The molecule has 4 nitrogen and oxygen atoms in total. The van der Waals surface area contributed by atoms with E-state index in [9.17, 15) is 9.59 Å². The zero-order chi connectivity index (χ0) is 14.0. The number of thiophene rings is 1. The molecule has 0 bridgehead atoms. The number of rotatable bonds is 3. The number of hydrogen-bond donors (Lipinski definition) is 1. The van der Waals surface area contributed by atoms with E-state index in [2.05, 4.69) is 31.9 Å². The second-order valence-electron chi connectivity index (χ2n) is 4.64. The number of halogens is 2. The van der Waals surface area contributed by atoms with Gasteiger partial charge in [0.2, 0.25) is 5.91 Å². The molecule has 2 heterocycles. The summed E-state index contributed by atoms with van der Waals surface area (Å²) in [6, 6.07) is 1.84. The SMILES string of the molecule is NC(=O)CC1CCN(C(=O)c2cc(Br)c(Br)s2)CC1. The topological polar surface area (TPSA) is 63.4 Å². The van der Waals surface area contributed by atoms with Gasteiger partial charge < -0.3 is 10.6 Å². The van der Waals surface area contributed by atoms with Crippen LogP contribution in [0.1, 0.15) is 28.9 Å². The van der Waals surface area contributed by atoms with Gasteiger partial charge in [0.25, 0.3) is 5.91 Å². The molecule has 2 amide bonds. The highest BCUT2D eigenvalue weighted by Crippen LogP contribution is 2.33. The van der Waals surface area contributed by atoms with Crippen molar-refractivity contribution in [2.75, 3.05) is 13.1 Å². The lowest BCUT2D eigenvalue weighted by Crippen LogP contribution is -2.39. The number of likely N-dealkylation sites (tertiary alicyclic amines) is 1. The second-order valence-corrected chi connectivity index (χ2v) is 7.86. The van der Waals surface area contributed by atoms with E-state index in [4.69, 9.17) is 5.73 Å². The average Bonchev–Trinajstić information content (AvgIpc) is 2.69. The minimum atomic E-state index is -0.254. The number of nitrogens with two attached hydrogens (primary N) is 1. The van der Waals surface area contributed by atoms with Crippen LogP contribution in [0.3, 0.4) is 0 Å². The van der Waals surface area contributed by atoms with Gasteiger partial charge in [0.15, 0.2) is 0 Å². The highest BCUT2D eigenvalue weighted by Gasteiger charge is 2.25. The molecular formula is C12H14Br2N2O2S. The minimum absolute atomic E-state index is 0.0638. The van der Waals surface area contributed by atoms with Crippen molar-refractivity contribution in [2.45, 2.75) is 19.3 Å². The van der Waals surface area contributed by atoms with E-state index in [1.54, 1.807) is 0 Å². The standard InChI is InChI=1S/C12H14Br2N2O2S/c13-8-6-9(19-11(8)14)12(18)16-3-1-7(2-4-16)5-10(15)17/h6-7H,1-5H2,(H2,15,17). The van der Waals surface area contributed by atoms with Gasteiger partial charge in [0.05, 0.1) is 8.66 Å². The maximum Gasteiger partial charge on any atom is 0.264 e. The lowest BCUT2D eigenvalue weighted by atomic mass is 9.93. The monoisotopic (exact) mass is 408 g/mol. The first kappa shape index (κ1) is 15.0. The minimum Gasteiger partial charge on any atom is -0.370 e. The summed E-state index contributed by atoms with van der Waals surface area (Å²) in [5.74, 6) is 0.133. The summed E-state index contributed by atoms with van der Waals surface area (Å²) in [5.41, 5.74) is 5.20. The van der Waals surface area contributed by atoms with Crippen molar-refractivity contribution in [2.24, 2.45) is 11.7 Å². The first-order valence-corrected chi connectivity index (χ1v) is 8.40. The highest BCUT2D eigenvalue weighted by atomic mass is 79.9. The van der Waals surface area contributed by atoms with Crippen molar-refractivity contribution in [3.8, 4) is 0 Å². The molecule has 7 heteroatoms. The predicted molar refractivity (Wildman–Crippen MR) is 82.2 cm³/mol. The Bertz CT molecular complexity index is 476. The van der Waals surface area contributed by atoms with Crippen molar-refractivity contribution in [3.05, 3.63) is 19.2 Å². The molecule has 1 aromatic heterocycles. The Morgan fingerprint density at radius 3 is 2.47 bits per heavy atom. The van der Waals surface area contributed by atoms with Gasteiger partial charge in [-0.25, -0.2) is 0 Å². The van der Waals surface area contributed by atoms with Gasteiger partial charge in [-0.1, -0.05) is 0 Å². The summed E-state index contributed by atoms with van der Waals surface area (Å²) >= 11 is 8.21. The number of carbonyl (C=O) groups excluding carboxylic acids is 2. The van der Waals surface area contributed by atoms with Crippen LogP contribution in [-0.2, 0) is 4.79 Å². The Kier molecular flexibility index (Phi) is 5.03. The second kappa shape index (κ2) is 6.37. The molecule has 0 aliphatic carbocycles. The Hall–Kier alpha value is -0.400. The molecule has 1 aromatic rings. The van der Waals surface area contributed by atoms with Crippen molar-refractivity contribution >= 4 is 55.0 Å². The molecule has 1 aliphatic rings. The van der Waals surface area contributed by atoms with Gasteiger partial charge in [-0.15, -0.1) is 11.3 Å². The van der Waals surface area contributed by atoms with Gasteiger partial charge in [-0.3, -0.25) is 9.59 Å². The van der Waals surface area contributed by atoms with Crippen LogP contribution in [0.5, 0.6) is 0 Å². The Labute approximate surface area is 132 Å². The molecule has 0 spiro atoms. The maximum atomic E-state index is 12.3. The lowest BCUT2D eigenvalue weighted by Gasteiger charge is -2.31. The molecule has 0 radical (unpaired) electrons. The van der Waals surface area contributed by atoms with Crippen molar-refractivity contribution in [1.82, 2.24) is 4.90 Å². The molecular weight excluding hydrogens is 396 g/mol. The van der Waals surface area contributed by atoms with Crippen molar-refractivity contribution < 1.29 is 9.59 Å². The third-order valence-corrected chi connectivity index (χ3v) is 6.49. The Balaban J connectivity index is 1.94. The zero-order valence-electron chi connectivity index (χ0n) is 10.2. The fourth-order valence-electron chi connectivity index (χ4n) is 2.23. The van der Waals surface area contributed by atoms with Crippen LogP contribution in [0.25, 0.3) is 0 Å². The molecule has 0 atom stereocenters. The molecule has 2 rings (SSSR count). The van der Waals surface area contributed by atoms with Gasteiger partial charge in [0.1, 0.15) is 0 Å². The van der Waals surface area contributed by atoms with Crippen LogP contribution in [-0.4, -0.2) is 29.8 Å². The van der Waals surface area contributed by atoms with E-state index in [1.807, 2.05) is 11.0 Å². The van der Waals surface area contributed by atoms with Crippen LogP contribution < -0.4 is 5.73 Å². The highest BCUT2D eigenvalue weighted by molar-refractivity contribution is 9.13. The third kappa shape index (κ3) is 3.79. The Morgan fingerprint density at radius 1 is 1.37 bits per heavy atom. The summed E-state index contributed by atoms with van der Waals surface area (Å²) in [7, 11) is 0. The first-order valence-electron chi connectivity index (χ1n) is 5.99. The van der Waals surface area contributed by atoms with Gasteiger partial charge >= 0.3 is 0 Å². The molecule has 1 aliphatic heterocycles. The summed E-state index contributed by atoms with van der Waals surface area (Å²) in [6.45, 7) is 1.40. The summed E-state index contributed by atoms with van der Waals surface area (Å²) in [4.78, 5) is 25.8. The fraction of sp³-hybridized carbons (Fsp3) is 0.500. The van der Waals surface area contributed by atoms with Crippen LogP contribution >= 0.6 is 43.2 Å². The number of carbonyl (C=O) groups is 2. The van der Waals surface area contributed by atoms with E-state index >= 15 is 0 Å². The van der Waals surface area contributed by atoms with E-state index in [-0.39, 0.29) is 11.8 Å². The molecule has 1 fully saturated rings. The summed E-state index contributed by atoms with van der Waals surface area (Å²) in [6.07, 6.45) is 2.13. The van der Waals surface area contributed by atoms with Crippen LogP contribution in [0, 0.1) is 5.92 Å². The fourth-order valence-corrected chi connectivity index (χ4v) is 4.24. The summed E-state index contributed by atoms with van der Waals surface area (Å²) in [5, 5.41) is 0. The Morgan fingerprint density at radius 2 is 2.00 bits per heavy atom. The number of hydrogen-bond acceptors (Lipinski definition) is 3. The van der Waals surface area contributed by atoms with E-state index in [0.717, 1.165) is 26.0 Å². The summed E-state index contributed by atoms with van der Waals surface area (Å²) < 4.78 is 1.84. The molecule has 0 aromatic carbocycles. The molecule has 1 saturated heterocycles. The van der Waals surface area contributed by atoms with Gasteiger partial charge in [-0.2, -0.15) is 0 Å². The van der Waals surface area contributed by atoms with E-state index < -0.39 is 0 Å². The third-order valence-electron chi connectivity index (χ3n) is 3.25. The smallest absolute Gasteiger partial charge is 0.264 e. The molecule has 0 unspecified atom stereocenters. The number of primary amides is 1. The number of nitrogens with zero attached hydrogens (tertiary/aromatic N) is 1. The normalized spacial score (nSPS) is 16.6. The molecule has 0 saturated carbocycles. The van der Waals surface area contributed by atoms with Gasteiger partial charge in [0, 0.05) is 24.0 Å². The first-order chi connectivity index (χ1) is 8.97. The van der Waals surface area contributed by atoms with Crippen molar-refractivity contribution in [1.29, 1.82) is 0 Å². The van der Waals surface area contributed by atoms with E-state index in [1.165, 1.54) is 11.3 Å². The number of piperidine rings is 1. The lowest BCUT2D eigenvalue weighted by molar-refractivity contribution is -0.119. The van der Waals surface area contributed by atoms with Crippen LogP contribution in [0.15, 0.2) is 14.3 Å². The van der Waals surface area contributed by atoms with E-state index in [0.29, 0.717) is 25.4 Å². The van der Waals surface area contributed by atoms with Crippen LogP contribution in [0.4, 0.5) is 0 Å². The van der Waals surface area contributed by atoms with Crippen LogP contribution in [0.2, 0.25) is 0 Å². The largest absolute Gasteiger partial charge is 0.370 e. The zero-order valence-corrected chi connectivity index (χ0v) is 14.2. The molecule has 19 heavy (non-hydrogen) atoms. The van der Waals surface area contributed by atoms with Gasteiger partial charge in [-0.05, 0) is 56.7 Å². The number of amides is 2. The maximum absolute atomic E-state index is 12.3. The van der Waals surface area contributed by atoms with Crippen molar-refractivity contribution in [3.63, 3.8) is 0 Å². The molecule has 2 N–H and O–H groups in total.